The van der Waals surface area contributed by atoms with Crippen LogP contribution in [0.3, 0.4) is 0 Å². The topological polar surface area (TPSA) is 15.3 Å². The molecule has 1 aromatic carbocycles. The molecule has 1 atom stereocenters. The highest BCUT2D eigenvalue weighted by atomic mass is 15.1. The van der Waals surface area contributed by atoms with Crippen LogP contribution >= 0.6 is 0 Å². The molecule has 0 spiro atoms. The van der Waals surface area contributed by atoms with Gasteiger partial charge in [0.25, 0.3) is 0 Å². The fourth-order valence-corrected chi connectivity index (χ4v) is 2.57. The summed E-state index contributed by atoms with van der Waals surface area (Å²) >= 11 is 0. The van der Waals surface area contributed by atoms with Gasteiger partial charge in [0.2, 0.25) is 0 Å². The van der Waals surface area contributed by atoms with Crippen LogP contribution in [0.5, 0.6) is 0 Å². The Morgan fingerprint density at radius 2 is 1.80 bits per heavy atom. The molecule has 0 radical (unpaired) electrons. The quantitative estimate of drug-likeness (QED) is 0.689. The first-order chi connectivity index (χ1) is 9.49. The first-order valence-electron chi connectivity index (χ1n) is 7.94. The van der Waals surface area contributed by atoms with Gasteiger partial charge in [0.15, 0.2) is 0 Å². The van der Waals surface area contributed by atoms with Crippen LogP contribution in [0.25, 0.3) is 0 Å². The van der Waals surface area contributed by atoms with Crippen molar-refractivity contribution in [2.45, 2.75) is 47.1 Å². The monoisotopic (exact) mass is 276 g/mol. The molecule has 0 aliphatic carbocycles. The van der Waals surface area contributed by atoms with Gasteiger partial charge in [0, 0.05) is 19.6 Å². The smallest absolute Gasteiger partial charge is 0.0230 e. The minimum atomic E-state index is 0.356. The summed E-state index contributed by atoms with van der Waals surface area (Å²) in [5.41, 5.74) is 3.09. The molecule has 1 aromatic rings. The molecule has 0 bridgehead atoms. The number of hydrogen-bond donors (Lipinski definition) is 1. The molecule has 0 heterocycles. The van der Waals surface area contributed by atoms with E-state index in [2.05, 4.69) is 69.2 Å². The lowest BCUT2D eigenvalue weighted by atomic mass is 9.86. The van der Waals surface area contributed by atoms with Crippen molar-refractivity contribution in [3.05, 3.63) is 35.4 Å². The number of nitrogens with zero attached hydrogens (tertiary/aromatic N) is 1. The predicted octanol–water partition coefficient (Wildman–Crippen LogP) is 3.84. The summed E-state index contributed by atoms with van der Waals surface area (Å²) in [7, 11) is 2.23. The Morgan fingerprint density at radius 3 is 2.35 bits per heavy atom. The number of benzene rings is 1. The van der Waals surface area contributed by atoms with E-state index in [1.807, 2.05) is 0 Å². The van der Waals surface area contributed by atoms with E-state index in [9.17, 15) is 0 Å². The van der Waals surface area contributed by atoms with Gasteiger partial charge < -0.3 is 10.2 Å². The van der Waals surface area contributed by atoms with Crippen LogP contribution in [0.1, 0.15) is 44.7 Å². The SMILES string of the molecule is CCCNCC(C)(CC)CN(C)Cc1ccc(C)cc1. The summed E-state index contributed by atoms with van der Waals surface area (Å²) in [4.78, 5) is 2.45. The second kappa shape index (κ2) is 8.43. The van der Waals surface area contributed by atoms with E-state index in [4.69, 9.17) is 0 Å². The van der Waals surface area contributed by atoms with Crippen molar-refractivity contribution in [3.63, 3.8) is 0 Å². The third-order valence-electron chi connectivity index (χ3n) is 4.06. The summed E-state index contributed by atoms with van der Waals surface area (Å²) in [6.07, 6.45) is 2.42. The Hall–Kier alpha value is -0.860. The molecule has 0 aliphatic rings. The van der Waals surface area contributed by atoms with Gasteiger partial charge in [-0.3, -0.25) is 0 Å². The van der Waals surface area contributed by atoms with Crippen LogP contribution in [0, 0.1) is 12.3 Å². The van der Waals surface area contributed by atoms with Crippen LogP contribution in [0.2, 0.25) is 0 Å². The molecule has 114 valence electrons. The maximum absolute atomic E-state index is 3.58. The van der Waals surface area contributed by atoms with E-state index in [0.29, 0.717) is 5.41 Å². The van der Waals surface area contributed by atoms with Crippen molar-refractivity contribution < 1.29 is 0 Å². The highest BCUT2D eigenvalue weighted by Gasteiger charge is 2.23. The van der Waals surface area contributed by atoms with Crippen molar-refractivity contribution in [2.75, 3.05) is 26.7 Å². The van der Waals surface area contributed by atoms with Crippen LogP contribution < -0.4 is 5.32 Å². The fraction of sp³-hybridized carbons (Fsp3) is 0.667. The number of aryl methyl sites for hydroxylation is 1. The molecule has 1 unspecified atom stereocenters. The average Bonchev–Trinajstić information content (AvgIpc) is 2.41. The van der Waals surface area contributed by atoms with Gasteiger partial charge in [0.1, 0.15) is 0 Å². The van der Waals surface area contributed by atoms with Crippen LogP contribution in [0.4, 0.5) is 0 Å². The molecule has 0 aromatic heterocycles. The molecule has 2 nitrogen and oxygen atoms in total. The summed E-state index contributed by atoms with van der Waals surface area (Å²) in [5.74, 6) is 0. The molecule has 0 fully saturated rings. The Kier molecular flexibility index (Phi) is 7.25. The second-order valence-corrected chi connectivity index (χ2v) is 6.50. The van der Waals surface area contributed by atoms with E-state index in [1.54, 1.807) is 0 Å². The molecule has 0 saturated carbocycles. The summed E-state index contributed by atoms with van der Waals surface area (Å²) < 4.78 is 0. The van der Waals surface area contributed by atoms with E-state index in [1.165, 1.54) is 24.0 Å². The number of rotatable bonds is 9. The van der Waals surface area contributed by atoms with Gasteiger partial charge in [-0.1, -0.05) is 50.6 Å². The third kappa shape index (κ3) is 6.06. The number of hydrogen-bond acceptors (Lipinski definition) is 2. The highest BCUT2D eigenvalue weighted by Crippen LogP contribution is 2.22. The van der Waals surface area contributed by atoms with Crippen molar-refractivity contribution in [2.24, 2.45) is 5.41 Å². The predicted molar refractivity (Wildman–Crippen MR) is 89.1 cm³/mol. The molecule has 0 aliphatic heterocycles. The zero-order valence-electron chi connectivity index (χ0n) is 14.0. The molecule has 20 heavy (non-hydrogen) atoms. The maximum atomic E-state index is 3.58. The van der Waals surface area contributed by atoms with Gasteiger partial charge >= 0.3 is 0 Å². The molecule has 0 saturated heterocycles. The van der Waals surface area contributed by atoms with E-state index < -0.39 is 0 Å². The summed E-state index contributed by atoms with van der Waals surface area (Å²) in [6, 6.07) is 8.88. The van der Waals surface area contributed by atoms with Gasteiger partial charge in [-0.25, -0.2) is 0 Å². The minimum Gasteiger partial charge on any atom is -0.316 e. The first kappa shape index (κ1) is 17.2. The first-order valence-corrected chi connectivity index (χ1v) is 7.94. The highest BCUT2D eigenvalue weighted by molar-refractivity contribution is 5.21. The van der Waals surface area contributed by atoms with Crippen LogP contribution in [0.15, 0.2) is 24.3 Å². The van der Waals surface area contributed by atoms with Crippen molar-refractivity contribution in [1.82, 2.24) is 10.2 Å². The molecule has 0 amide bonds. The lowest BCUT2D eigenvalue weighted by molar-refractivity contribution is 0.175. The zero-order valence-corrected chi connectivity index (χ0v) is 14.0. The average molecular weight is 276 g/mol. The molecule has 2 heteroatoms. The molecular weight excluding hydrogens is 244 g/mol. The molecule has 1 rings (SSSR count). The Labute approximate surface area is 125 Å². The van der Waals surface area contributed by atoms with Crippen molar-refractivity contribution in [1.29, 1.82) is 0 Å². The van der Waals surface area contributed by atoms with Gasteiger partial charge in [-0.15, -0.1) is 0 Å². The van der Waals surface area contributed by atoms with Gasteiger partial charge in [-0.2, -0.15) is 0 Å². The zero-order chi connectivity index (χ0) is 15.0. The van der Waals surface area contributed by atoms with Gasteiger partial charge in [-0.05, 0) is 44.3 Å². The Balaban J connectivity index is 2.49. The molecule has 1 N–H and O–H groups in total. The minimum absolute atomic E-state index is 0.356. The van der Waals surface area contributed by atoms with E-state index in [-0.39, 0.29) is 0 Å². The Bertz CT molecular complexity index is 372. The van der Waals surface area contributed by atoms with E-state index >= 15 is 0 Å². The van der Waals surface area contributed by atoms with E-state index in [0.717, 1.165) is 26.2 Å². The summed E-state index contributed by atoms with van der Waals surface area (Å²) in [5, 5.41) is 3.58. The van der Waals surface area contributed by atoms with Crippen molar-refractivity contribution in [3.8, 4) is 0 Å². The molecular formula is C18H32N2. The normalized spacial score (nSPS) is 14.5. The standard InChI is InChI=1S/C18H32N2/c1-6-12-19-14-18(4,7-2)15-20(5)13-17-10-8-16(3)9-11-17/h8-11,19H,6-7,12-15H2,1-5H3. The summed E-state index contributed by atoms with van der Waals surface area (Å²) in [6.45, 7) is 13.4. The van der Waals surface area contributed by atoms with Crippen LogP contribution in [-0.2, 0) is 6.54 Å². The lowest BCUT2D eigenvalue weighted by Crippen LogP contribution is -2.40. The van der Waals surface area contributed by atoms with Gasteiger partial charge in [0.05, 0.1) is 0 Å². The maximum Gasteiger partial charge on any atom is 0.0230 e. The Morgan fingerprint density at radius 1 is 1.15 bits per heavy atom. The van der Waals surface area contributed by atoms with Crippen LogP contribution in [-0.4, -0.2) is 31.6 Å². The number of nitrogens with one attached hydrogen (secondary N) is 1. The third-order valence-corrected chi connectivity index (χ3v) is 4.06. The second-order valence-electron chi connectivity index (χ2n) is 6.50. The largest absolute Gasteiger partial charge is 0.316 e. The lowest BCUT2D eigenvalue weighted by Gasteiger charge is -2.33. The van der Waals surface area contributed by atoms with Crippen molar-refractivity contribution >= 4 is 0 Å². The fourth-order valence-electron chi connectivity index (χ4n) is 2.57.